The van der Waals surface area contributed by atoms with Gasteiger partial charge in [0.1, 0.15) is 4.32 Å². The molecule has 0 spiro atoms. The first kappa shape index (κ1) is 15.0. The lowest BCUT2D eigenvalue weighted by Crippen LogP contribution is -2.36. The number of allylic oxidation sites excluding steroid dienone is 2. The summed E-state index contributed by atoms with van der Waals surface area (Å²) in [6.07, 6.45) is 6.63. The van der Waals surface area contributed by atoms with Crippen LogP contribution in [0, 0.1) is 0 Å². The lowest BCUT2D eigenvalue weighted by atomic mass is 10.2. The van der Waals surface area contributed by atoms with Crippen LogP contribution in [-0.4, -0.2) is 21.2 Å². The quantitative estimate of drug-likeness (QED) is 0.613. The zero-order valence-electron chi connectivity index (χ0n) is 11.6. The molecule has 1 fully saturated rings. The summed E-state index contributed by atoms with van der Waals surface area (Å²) in [5, 5.41) is 0. The normalized spacial score (nSPS) is 19.3. The zero-order valence-corrected chi connectivity index (χ0v) is 13.2. The summed E-state index contributed by atoms with van der Waals surface area (Å²) in [6.45, 7) is 4.08. The Labute approximate surface area is 129 Å². The molecule has 0 N–H and O–H groups in total. The third kappa shape index (κ3) is 3.38. The SMILES string of the molecule is CC[C@@H](C)N1C(=O)/C(=C/C=C/c2ccccc2)SC1=S. The molecular weight excluding hydrogens is 286 g/mol. The molecule has 0 bridgehead atoms. The third-order valence-electron chi connectivity index (χ3n) is 3.19. The number of carbonyl (C=O) groups is 1. The van der Waals surface area contributed by atoms with Crippen LogP contribution in [0.15, 0.2) is 47.4 Å². The number of hydrogen-bond acceptors (Lipinski definition) is 3. The second-order valence-electron chi connectivity index (χ2n) is 4.60. The molecule has 1 aromatic carbocycles. The van der Waals surface area contributed by atoms with E-state index >= 15 is 0 Å². The molecule has 104 valence electrons. The van der Waals surface area contributed by atoms with Crippen molar-refractivity contribution in [2.45, 2.75) is 26.3 Å². The molecule has 20 heavy (non-hydrogen) atoms. The number of nitrogens with zero attached hydrogens (tertiary/aromatic N) is 1. The highest BCUT2D eigenvalue weighted by molar-refractivity contribution is 8.26. The van der Waals surface area contributed by atoms with Crippen LogP contribution in [0.4, 0.5) is 0 Å². The number of thioether (sulfide) groups is 1. The monoisotopic (exact) mass is 303 g/mol. The molecule has 2 nitrogen and oxygen atoms in total. The van der Waals surface area contributed by atoms with Crippen LogP contribution in [0.3, 0.4) is 0 Å². The summed E-state index contributed by atoms with van der Waals surface area (Å²) < 4.78 is 0.656. The Hall–Kier alpha value is -1.39. The molecule has 1 saturated heterocycles. The smallest absolute Gasteiger partial charge is 0.266 e. The lowest BCUT2D eigenvalue weighted by Gasteiger charge is -2.21. The summed E-state index contributed by atoms with van der Waals surface area (Å²) in [5.74, 6) is 0.0204. The minimum atomic E-state index is 0.0204. The van der Waals surface area contributed by atoms with E-state index in [0.29, 0.717) is 9.23 Å². The van der Waals surface area contributed by atoms with E-state index in [9.17, 15) is 4.79 Å². The second-order valence-corrected chi connectivity index (χ2v) is 6.28. The molecule has 0 aromatic heterocycles. The molecule has 2 rings (SSSR count). The van der Waals surface area contributed by atoms with Crippen molar-refractivity contribution in [3.05, 3.63) is 53.0 Å². The van der Waals surface area contributed by atoms with E-state index in [2.05, 4.69) is 6.92 Å². The van der Waals surface area contributed by atoms with Gasteiger partial charge in [-0.2, -0.15) is 0 Å². The van der Waals surface area contributed by atoms with Crippen molar-refractivity contribution in [3.8, 4) is 0 Å². The Bertz CT molecular complexity index is 563. The maximum atomic E-state index is 12.3. The van der Waals surface area contributed by atoms with Gasteiger partial charge in [-0.25, -0.2) is 0 Å². The second kappa shape index (κ2) is 6.86. The van der Waals surface area contributed by atoms with Gasteiger partial charge in [-0.3, -0.25) is 9.69 Å². The van der Waals surface area contributed by atoms with Gasteiger partial charge in [-0.05, 0) is 25.0 Å². The largest absolute Gasteiger partial charge is 0.290 e. The zero-order chi connectivity index (χ0) is 14.5. The van der Waals surface area contributed by atoms with Crippen LogP contribution in [0.1, 0.15) is 25.8 Å². The van der Waals surface area contributed by atoms with Crippen LogP contribution in [0.25, 0.3) is 6.08 Å². The minimum absolute atomic E-state index is 0.0204. The molecule has 0 saturated carbocycles. The summed E-state index contributed by atoms with van der Waals surface area (Å²) in [6, 6.07) is 10.2. The molecule has 1 atom stereocenters. The molecule has 0 radical (unpaired) electrons. The van der Waals surface area contributed by atoms with Crippen LogP contribution in [0.5, 0.6) is 0 Å². The Morgan fingerprint density at radius 2 is 2.05 bits per heavy atom. The number of carbonyl (C=O) groups excluding carboxylic acids is 1. The summed E-state index contributed by atoms with van der Waals surface area (Å²) in [7, 11) is 0. The minimum Gasteiger partial charge on any atom is -0.290 e. The number of rotatable bonds is 4. The van der Waals surface area contributed by atoms with Gasteiger partial charge in [0.15, 0.2) is 0 Å². The van der Waals surface area contributed by atoms with E-state index in [4.69, 9.17) is 12.2 Å². The topological polar surface area (TPSA) is 20.3 Å². The van der Waals surface area contributed by atoms with Crippen molar-refractivity contribution in [2.75, 3.05) is 0 Å². The van der Waals surface area contributed by atoms with Crippen molar-refractivity contribution < 1.29 is 4.79 Å². The average molecular weight is 303 g/mol. The maximum Gasteiger partial charge on any atom is 0.266 e. The van der Waals surface area contributed by atoms with Crippen LogP contribution in [0.2, 0.25) is 0 Å². The first-order chi connectivity index (χ1) is 9.63. The Morgan fingerprint density at radius 3 is 2.70 bits per heavy atom. The van der Waals surface area contributed by atoms with Crippen molar-refractivity contribution in [1.29, 1.82) is 0 Å². The fourth-order valence-electron chi connectivity index (χ4n) is 1.87. The van der Waals surface area contributed by atoms with Crippen molar-refractivity contribution in [2.24, 2.45) is 0 Å². The predicted molar refractivity (Wildman–Crippen MR) is 90.3 cm³/mol. The fourth-order valence-corrected chi connectivity index (χ4v) is 3.28. The number of hydrogen-bond donors (Lipinski definition) is 0. The molecule has 4 heteroatoms. The average Bonchev–Trinajstić information content (AvgIpc) is 2.74. The van der Waals surface area contributed by atoms with Gasteiger partial charge < -0.3 is 0 Å². The van der Waals surface area contributed by atoms with E-state index in [-0.39, 0.29) is 11.9 Å². The van der Waals surface area contributed by atoms with Crippen molar-refractivity contribution in [1.82, 2.24) is 4.90 Å². The summed E-state index contributed by atoms with van der Waals surface area (Å²) in [4.78, 5) is 14.7. The van der Waals surface area contributed by atoms with Gasteiger partial charge >= 0.3 is 0 Å². The van der Waals surface area contributed by atoms with Gasteiger partial charge in [0.05, 0.1) is 4.91 Å². The predicted octanol–water partition coefficient (Wildman–Crippen LogP) is 4.24. The van der Waals surface area contributed by atoms with Crippen LogP contribution in [-0.2, 0) is 4.79 Å². The molecule has 1 heterocycles. The molecular formula is C16H17NOS2. The van der Waals surface area contributed by atoms with Gasteiger partial charge in [-0.15, -0.1) is 0 Å². The lowest BCUT2D eigenvalue weighted by molar-refractivity contribution is -0.123. The summed E-state index contributed by atoms with van der Waals surface area (Å²) in [5.41, 5.74) is 1.11. The number of benzene rings is 1. The fraction of sp³-hybridized carbons (Fsp3) is 0.250. The highest BCUT2D eigenvalue weighted by Crippen LogP contribution is 2.33. The molecule has 1 amide bonds. The van der Waals surface area contributed by atoms with E-state index < -0.39 is 0 Å². The Morgan fingerprint density at radius 1 is 1.35 bits per heavy atom. The Kier molecular flexibility index (Phi) is 5.15. The van der Waals surface area contributed by atoms with Gasteiger partial charge in [0.2, 0.25) is 0 Å². The number of amides is 1. The molecule has 1 aromatic rings. The molecule has 1 aliphatic rings. The van der Waals surface area contributed by atoms with E-state index in [1.54, 1.807) is 4.90 Å². The first-order valence-corrected chi connectivity index (χ1v) is 7.84. The Balaban J connectivity index is 2.11. The molecule has 0 aliphatic carbocycles. The highest BCUT2D eigenvalue weighted by atomic mass is 32.2. The van der Waals surface area contributed by atoms with Gasteiger partial charge in [0, 0.05) is 6.04 Å². The molecule has 0 unspecified atom stereocenters. The third-order valence-corrected chi connectivity index (χ3v) is 4.54. The highest BCUT2D eigenvalue weighted by Gasteiger charge is 2.34. The van der Waals surface area contributed by atoms with Crippen molar-refractivity contribution >= 4 is 40.3 Å². The standard InChI is InChI=1S/C16H17NOS2/c1-3-12(2)17-15(18)14(20-16(17)19)11-7-10-13-8-5-4-6-9-13/h4-12H,3H2,1-2H3/b10-7+,14-11-/t12-/m1/s1. The van der Waals surface area contributed by atoms with E-state index in [1.807, 2.05) is 55.5 Å². The van der Waals surface area contributed by atoms with E-state index in [0.717, 1.165) is 12.0 Å². The number of thiocarbonyl (C=S) groups is 1. The van der Waals surface area contributed by atoms with Crippen LogP contribution < -0.4 is 0 Å². The van der Waals surface area contributed by atoms with E-state index in [1.165, 1.54) is 11.8 Å². The molecule has 1 aliphatic heterocycles. The van der Waals surface area contributed by atoms with Gasteiger partial charge in [-0.1, -0.05) is 73.4 Å². The van der Waals surface area contributed by atoms with Gasteiger partial charge in [0.25, 0.3) is 5.91 Å². The summed E-state index contributed by atoms with van der Waals surface area (Å²) >= 11 is 6.66. The first-order valence-electron chi connectivity index (χ1n) is 6.62. The van der Waals surface area contributed by atoms with Crippen molar-refractivity contribution in [3.63, 3.8) is 0 Å². The van der Waals surface area contributed by atoms with Crippen LogP contribution >= 0.6 is 24.0 Å². The maximum absolute atomic E-state index is 12.3.